The van der Waals surface area contributed by atoms with E-state index in [1.54, 1.807) is 11.3 Å². The molecule has 0 spiro atoms. The molecule has 1 fully saturated rings. The van der Waals surface area contributed by atoms with Crippen LogP contribution in [0.1, 0.15) is 13.8 Å². The Bertz CT molecular complexity index is 583. The summed E-state index contributed by atoms with van der Waals surface area (Å²) in [5.41, 5.74) is 0. The van der Waals surface area contributed by atoms with E-state index in [0.29, 0.717) is 17.2 Å². The summed E-state index contributed by atoms with van der Waals surface area (Å²) in [4.78, 5) is 12.7. The molecule has 0 amide bonds. The van der Waals surface area contributed by atoms with Crippen LogP contribution in [-0.2, 0) is 0 Å². The van der Waals surface area contributed by atoms with Crippen molar-refractivity contribution in [2.24, 2.45) is 0 Å². The molecule has 1 N–H and O–H groups in total. The third-order valence-corrected chi connectivity index (χ3v) is 5.83. The zero-order valence-corrected chi connectivity index (χ0v) is 13.0. The van der Waals surface area contributed by atoms with Crippen LogP contribution in [0.15, 0.2) is 11.4 Å². The summed E-state index contributed by atoms with van der Waals surface area (Å²) in [6.07, 6.45) is 0. The molecule has 2 aromatic rings. The van der Waals surface area contributed by atoms with Crippen LogP contribution < -0.4 is 10.2 Å². The Balaban J connectivity index is 2.09. The van der Waals surface area contributed by atoms with Gasteiger partial charge in [0.15, 0.2) is 0 Å². The maximum atomic E-state index is 4.70. The molecule has 0 aromatic carbocycles. The average molecular weight is 294 g/mol. The van der Waals surface area contributed by atoms with Gasteiger partial charge in [-0.05, 0) is 18.4 Å². The lowest BCUT2D eigenvalue weighted by molar-refractivity contribution is 0.622. The molecule has 19 heavy (non-hydrogen) atoms. The van der Waals surface area contributed by atoms with Gasteiger partial charge in [-0.1, -0.05) is 6.92 Å². The zero-order chi connectivity index (χ0) is 13.4. The molecule has 1 aliphatic heterocycles. The summed E-state index contributed by atoms with van der Waals surface area (Å²) in [6.45, 7) is 5.64. The highest BCUT2D eigenvalue weighted by atomic mass is 32.2. The molecule has 2 atom stereocenters. The number of fused-ring (bicyclic) bond motifs is 1. The van der Waals surface area contributed by atoms with E-state index >= 15 is 0 Å². The van der Waals surface area contributed by atoms with Crippen molar-refractivity contribution in [1.82, 2.24) is 9.97 Å². The summed E-state index contributed by atoms with van der Waals surface area (Å²) in [5.74, 6) is 2.95. The van der Waals surface area contributed by atoms with Crippen LogP contribution in [0.2, 0.25) is 0 Å². The first-order chi connectivity index (χ1) is 9.20. The lowest BCUT2D eigenvalue weighted by Gasteiger charge is -2.38. The van der Waals surface area contributed by atoms with Crippen molar-refractivity contribution in [2.75, 3.05) is 29.6 Å². The number of hydrogen-bond acceptors (Lipinski definition) is 6. The topological polar surface area (TPSA) is 41.1 Å². The van der Waals surface area contributed by atoms with Gasteiger partial charge < -0.3 is 10.2 Å². The summed E-state index contributed by atoms with van der Waals surface area (Å²) >= 11 is 3.72. The lowest BCUT2D eigenvalue weighted by Crippen LogP contribution is -2.45. The van der Waals surface area contributed by atoms with Crippen LogP contribution in [0, 0.1) is 0 Å². The second-order valence-electron chi connectivity index (χ2n) is 4.77. The predicted molar refractivity (Wildman–Crippen MR) is 85.7 cm³/mol. The third-order valence-electron chi connectivity index (χ3n) is 3.68. The highest BCUT2D eigenvalue weighted by molar-refractivity contribution is 8.00. The molecule has 3 heterocycles. The molecule has 0 aliphatic carbocycles. The fraction of sp³-hybridized carbons (Fsp3) is 0.538. The van der Waals surface area contributed by atoms with Crippen LogP contribution in [0.3, 0.4) is 0 Å². The molecule has 1 saturated heterocycles. The van der Waals surface area contributed by atoms with Crippen molar-refractivity contribution in [2.45, 2.75) is 25.1 Å². The first-order valence-corrected chi connectivity index (χ1v) is 8.45. The van der Waals surface area contributed by atoms with Gasteiger partial charge in [-0.25, -0.2) is 4.98 Å². The van der Waals surface area contributed by atoms with Crippen molar-refractivity contribution in [3.63, 3.8) is 0 Å². The Morgan fingerprint density at radius 1 is 1.37 bits per heavy atom. The minimum absolute atomic E-state index is 0.501. The minimum Gasteiger partial charge on any atom is -0.357 e. The van der Waals surface area contributed by atoms with E-state index in [9.17, 15) is 0 Å². The number of nitrogens with zero attached hydrogens (tertiary/aromatic N) is 3. The van der Waals surface area contributed by atoms with Crippen molar-refractivity contribution < 1.29 is 0 Å². The van der Waals surface area contributed by atoms with E-state index < -0.39 is 0 Å². The molecule has 2 aromatic heterocycles. The molecule has 2 unspecified atom stereocenters. The average Bonchev–Trinajstić information content (AvgIpc) is 2.89. The van der Waals surface area contributed by atoms with E-state index in [1.807, 2.05) is 18.8 Å². The Morgan fingerprint density at radius 2 is 2.21 bits per heavy atom. The molecule has 3 rings (SSSR count). The quantitative estimate of drug-likeness (QED) is 0.922. The fourth-order valence-electron chi connectivity index (χ4n) is 2.40. The molecule has 0 radical (unpaired) electrons. The molecule has 0 bridgehead atoms. The second-order valence-corrected chi connectivity index (χ2v) is 7.15. The molecule has 1 aliphatic rings. The Labute approximate surface area is 121 Å². The van der Waals surface area contributed by atoms with Gasteiger partial charge in [0.05, 0.1) is 5.39 Å². The molecular formula is C13H18N4S2. The standard InChI is InChI=1S/C13H18N4S2/c1-8-9(2)18-7-5-17(8)11-10-4-6-19-12(10)16-13(14-3)15-11/h4,6,8-9H,5,7H2,1-3H3,(H,14,15,16). The van der Waals surface area contributed by atoms with Crippen molar-refractivity contribution in [3.8, 4) is 0 Å². The van der Waals surface area contributed by atoms with Crippen LogP contribution in [0.5, 0.6) is 0 Å². The van der Waals surface area contributed by atoms with Gasteiger partial charge in [0.25, 0.3) is 0 Å². The SMILES string of the molecule is CNc1nc(N2CCSC(C)C2C)c2ccsc2n1. The minimum atomic E-state index is 0.501. The first-order valence-electron chi connectivity index (χ1n) is 6.52. The van der Waals surface area contributed by atoms with Gasteiger partial charge in [0, 0.05) is 30.6 Å². The zero-order valence-electron chi connectivity index (χ0n) is 11.4. The number of aromatic nitrogens is 2. The smallest absolute Gasteiger partial charge is 0.225 e. The molecule has 6 heteroatoms. The second kappa shape index (κ2) is 5.17. The number of nitrogens with one attached hydrogen (secondary N) is 1. The van der Waals surface area contributed by atoms with E-state index in [1.165, 1.54) is 5.39 Å². The highest BCUT2D eigenvalue weighted by Crippen LogP contribution is 2.34. The normalized spacial score (nSPS) is 23.8. The lowest BCUT2D eigenvalue weighted by atomic mass is 10.2. The highest BCUT2D eigenvalue weighted by Gasteiger charge is 2.28. The number of anilines is 2. The van der Waals surface area contributed by atoms with Crippen LogP contribution in [0.25, 0.3) is 10.2 Å². The monoisotopic (exact) mass is 294 g/mol. The Kier molecular flexibility index (Phi) is 3.54. The van der Waals surface area contributed by atoms with E-state index in [4.69, 9.17) is 4.98 Å². The van der Waals surface area contributed by atoms with Gasteiger partial charge in [0.2, 0.25) is 5.95 Å². The Hall–Kier alpha value is -1.01. The van der Waals surface area contributed by atoms with Gasteiger partial charge in [-0.15, -0.1) is 11.3 Å². The summed E-state index contributed by atoms with van der Waals surface area (Å²) < 4.78 is 0. The van der Waals surface area contributed by atoms with Crippen LogP contribution in [-0.4, -0.2) is 40.6 Å². The third kappa shape index (κ3) is 2.27. The van der Waals surface area contributed by atoms with E-state index in [2.05, 4.69) is 40.5 Å². The number of thiophene rings is 1. The molecule has 4 nitrogen and oxygen atoms in total. The van der Waals surface area contributed by atoms with E-state index in [-0.39, 0.29) is 0 Å². The van der Waals surface area contributed by atoms with Crippen LogP contribution >= 0.6 is 23.1 Å². The predicted octanol–water partition coefficient (Wildman–Crippen LogP) is 3.06. The van der Waals surface area contributed by atoms with Gasteiger partial charge in [-0.2, -0.15) is 16.7 Å². The summed E-state index contributed by atoms with van der Waals surface area (Å²) in [5, 5.41) is 6.97. The fourth-order valence-corrected chi connectivity index (χ4v) is 4.26. The van der Waals surface area contributed by atoms with Gasteiger partial charge in [0.1, 0.15) is 10.6 Å². The maximum Gasteiger partial charge on any atom is 0.225 e. The number of hydrogen-bond donors (Lipinski definition) is 1. The van der Waals surface area contributed by atoms with Crippen LogP contribution in [0.4, 0.5) is 11.8 Å². The summed E-state index contributed by atoms with van der Waals surface area (Å²) in [7, 11) is 1.87. The van der Waals surface area contributed by atoms with Crippen molar-refractivity contribution in [1.29, 1.82) is 0 Å². The van der Waals surface area contributed by atoms with Crippen molar-refractivity contribution >= 4 is 45.1 Å². The van der Waals surface area contributed by atoms with Gasteiger partial charge >= 0.3 is 0 Å². The maximum absolute atomic E-state index is 4.70. The number of rotatable bonds is 2. The molecule has 0 saturated carbocycles. The molecular weight excluding hydrogens is 276 g/mol. The van der Waals surface area contributed by atoms with E-state index in [0.717, 1.165) is 22.9 Å². The first kappa shape index (κ1) is 13.0. The number of thioether (sulfide) groups is 1. The summed E-state index contributed by atoms with van der Waals surface area (Å²) in [6, 6.07) is 2.63. The largest absolute Gasteiger partial charge is 0.357 e. The van der Waals surface area contributed by atoms with Crippen molar-refractivity contribution in [3.05, 3.63) is 11.4 Å². The van der Waals surface area contributed by atoms with Gasteiger partial charge in [-0.3, -0.25) is 0 Å². The molecule has 102 valence electrons. The Morgan fingerprint density at radius 3 is 3.00 bits per heavy atom.